The zero-order valence-electron chi connectivity index (χ0n) is 13.1. The minimum Gasteiger partial charge on any atom is -0.354 e. The van der Waals surface area contributed by atoms with Crippen molar-refractivity contribution >= 4 is 28.8 Å². The highest BCUT2D eigenvalue weighted by atomic mass is 35.5. The Morgan fingerprint density at radius 3 is 2.52 bits per heavy atom. The molecule has 1 N–H and O–H groups in total. The number of anilines is 2. The van der Waals surface area contributed by atoms with Crippen LogP contribution in [0.15, 0.2) is 30.5 Å². The lowest BCUT2D eigenvalue weighted by Crippen LogP contribution is -2.26. The number of rotatable bonds is 3. The lowest BCUT2D eigenvalue weighted by atomic mass is 9.66. The third kappa shape index (κ3) is 2.53. The third-order valence-electron chi connectivity index (χ3n) is 5.14. The van der Waals surface area contributed by atoms with Crippen molar-refractivity contribution in [3.05, 3.63) is 52.3 Å². The molecule has 0 aliphatic heterocycles. The van der Waals surface area contributed by atoms with Gasteiger partial charge in [0.15, 0.2) is 5.78 Å². The van der Waals surface area contributed by atoms with Crippen molar-refractivity contribution in [2.45, 2.75) is 44.4 Å². The van der Waals surface area contributed by atoms with E-state index < -0.39 is 0 Å². The summed E-state index contributed by atoms with van der Waals surface area (Å²) in [5, 5.41) is 4.17. The topological polar surface area (TPSA) is 42.0 Å². The van der Waals surface area contributed by atoms with Gasteiger partial charge in [0.25, 0.3) is 0 Å². The molecule has 1 aromatic heterocycles. The number of nitrogens with one attached hydrogen (secondary N) is 1. The molecule has 1 heterocycles. The van der Waals surface area contributed by atoms with E-state index in [4.69, 9.17) is 11.6 Å². The second-order valence-electron chi connectivity index (χ2n) is 6.59. The Hall–Kier alpha value is -1.87. The third-order valence-corrected chi connectivity index (χ3v) is 5.37. The van der Waals surface area contributed by atoms with Gasteiger partial charge in [-0.25, -0.2) is 0 Å². The monoisotopic (exact) mass is 326 g/mol. The molecule has 3 nitrogen and oxygen atoms in total. The van der Waals surface area contributed by atoms with Crippen LogP contribution < -0.4 is 5.32 Å². The average Bonchev–Trinajstić information content (AvgIpc) is 2.56. The van der Waals surface area contributed by atoms with E-state index in [0.29, 0.717) is 22.6 Å². The maximum atomic E-state index is 12.0. The van der Waals surface area contributed by atoms with Crippen molar-refractivity contribution in [2.24, 2.45) is 0 Å². The fourth-order valence-electron chi connectivity index (χ4n) is 4.17. The van der Waals surface area contributed by atoms with Crippen molar-refractivity contribution < 1.29 is 4.79 Å². The smallest absolute Gasteiger partial charge is 0.178 e. The molecule has 0 atom stereocenters. The summed E-state index contributed by atoms with van der Waals surface area (Å²) in [6.45, 7) is 1.62. The number of hydrogen-bond donors (Lipinski definition) is 1. The van der Waals surface area contributed by atoms with Crippen molar-refractivity contribution in [2.75, 3.05) is 5.32 Å². The van der Waals surface area contributed by atoms with Crippen LogP contribution in [-0.2, 0) is 0 Å². The summed E-state index contributed by atoms with van der Waals surface area (Å²) in [5.41, 5.74) is 5.17. The van der Waals surface area contributed by atoms with E-state index in [2.05, 4.69) is 10.3 Å². The molecule has 1 saturated carbocycles. The number of halogens is 1. The highest BCUT2D eigenvalue weighted by Gasteiger charge is 2.37. The summed E-state index contributed by atoms with van der Waals surface area (Å²) in [6, 6.07) is 7.70. The zero-order chi connectivity index (χ0) is 16.0. The van der Waals surface area contributed by atoms with Crippen molar-refractivity contribution in [1.82, 2.24) is 4.98 Å². The molecular weight excluding hydrogens is 308 g/mol. The Kier molecular flexibility index (Phi) is 3.61. The number of Topliss-reactive ketones (excluding diaryl/α,β-unsaturated/α-hetero) is 1. The van der Waals surface area contributed by atoms with Crippen LogP contribution in [0.5, 0.6) is 0 Å². The summed E-state index contributed by atoms with van der Waals surface area (Å²) >= 11 is 6.08. The van der Waals surface area contributed by atoms with E-state index in [-0.39, 0.29) is 5.78 Å². The fourth-order valence-corrected chi connectivity index (χ4v) is 4.36. The van der Waals surface area contributed by atoms with Gasteiger partial charge in [-0.05, 0) is 66.8 Å². The number of fused-ring (bicyclic) bond motifs is 2. The lowest BCUT2D eigenvalue weighted by molar-refractivity contribution is 0.101. The number of carbonyl (C=O) groups excluding carboxylic acids is 1. The second-order valence-corrected chi connectivity index (χ2v) is 7.02. The summed E-state index contributed by atoms with van der Waals surface area (Å²) in [5.74, 6) is 1.10. The molecule has 3 aliphatic rings. The second kappa shape index (κ2) is 5.64. The number of nitrogens with zero attached hydrogens (tertiary/aromatic N) is 1. The van der Waals surface area contributed by atoms with Crippen LogP contribution in [0.4, 0.5) is 11.4 Å². The van der Waals surface area contributed by atoms with Crippen molar-refractivity contribution in [3.63, 3.8) is 0 Å². The first-order chi connectivity index (χ1) is 11.1. The van der Waals surface area contributed by atoms with Crippen LogP contribution >= 0.6 is 11.6 Å². The van der Waals surface area contributed by atoms with E-state index in [1.165, 1.54) is 36.8 Å². The van der Waals surface area contributed by atoms with Crippen molar-refractivity contribution in [3.8, 4) is 0 Å². The molecule has 1 aromatic carbocycles. The quantitative estimate of drug-likeness (QED) is 0.764. The first-order valence-electron chi connectivity index (χ1n) is 8.20. The van der Waals surface area contributed by atoms with E-state index in [9.17, 15) is 4.79 Å². The Labute approximate surface area is 141 Å². The average molecular weight is 327 g/mol. The standard InChI is InChI=1S/C19H19ClN2O/c1-11(23)19-18-13-7-5-12(6-8-13)17(18)16(10-21-19)22-15-4-2-3-14(20)9-15/h2-4,9-10,12-13,22H,5-8H2,1H3. The molecule has 5 rings (SSSR count). The minimum atomic E-state index is 0.0723. The van der Waals surface area contributed by atoms with Gasteiger partial charge in [0.2, 0.25) is 0 Å². The van der Waals surface area contributed by atoms with Gasteiger partial charge in [-0.3, -0.25) is 9.78 Å². The molecule has 1 fully saturated rings. The molecule has 2 aromatic rings. The van der Waals surface area contributed by atoms with Gasteiger partial charge >= 0.3 is 0 Å². The maximum absolute atomic E-state index is 12.0. The van der Waals surface area contributed by atoms with Gasteiger partial charge in [0.05, 0.1) is 11.9 Å². The maximum Gasteiger partial charge on any atom is 0.178 e. The first kappa shape index (κ1) is 14.7. The van der Waals surface area contributed by atoms with Crippen LogP contribution in [0.1, 0.15) is 66.1 Å². The molecule has 0 saturated heterocycles. The van der Waals surface area contributed by atoms with Gasteiger partial charge in [-0.2, -0.15) is 0 Å². The summed E-state index contributed by atoms with van der Waals surface area (Å²) in [4.78, 5) is 16.5. The molecule has 0 amide bonds. The van der Waals surface area contributed by atoms with Crippen LogP contribution in [0.2, 0.25) is 5.02 Å². The summed E-state index contributed by atoms with van der Waals surface area (Å²) in [6.07, 6.45) is 6.60. The largest absolute Gasteiger partial charge is 0.354 e. The van der Waals surface area contributed by atoms with E-state index >= 15 is 0 Å². The van der Waals surface area contributed by atoms with Gasteiger partial charge in [-0.1, -0.05) is 17.7 Å². The number of aromatic nitrogens is 1. The highest BCUT2D eigenvalue weighted by Crippen LogP contribution is 2.52. The first-order valence-corrected chi connectivity index (χ1v) is 8.57. The lowest BCUT2D eigenvalue weighted by Gasteiger charge is -2.40. The predicted octanol–water partition coefficient (Wildman–Crippen LogP) is 5.44. The zero-order valence-corrected chi connectivity index (χ0v) is 13.9. The molecule has 0 spiro atoms. The molecule has 4 heteroatoms. The van der Waals surface area contributed by atoms with Crippen LogP contribution in [0, 0.1) is 0 Å². The summed E-state index contributed by atoms with van der Waals surface area (Å²) in [7, 11) is 0. The molecule has 0 unspecified atom stereocenters. The molecule has 118 valence electrons. The van der Waals surface area contributed by atoms with Crippen LogP contribution in [0.3, 0.4) is 0 Å². The van der Waals surface area contributed by atoms with E-state index in [0.717, 1.165) is 11.4 Å². The Bertz CT molecular complexity index is 779. The van der Waals surface area contributed by atoms with Gasteiger partial charge in [0.1, 0.15) is 5.69 Å². The number of pyridine rings is 1. The van der Waals surface area contributed by atoms with Gasteiger partial charge in [-0.15, -0.1) is 0 Å². The fraction of sp³-hybridized carbons (Fsp3) is 0.368. The van der Waals surface area contributed by atoms with Crippen molar-refractivity contribution in [1.29, 1.82) is 0 Å². The van der Waals surface area contributed by atoms with Gasteiger partial charge < -0.3 is 5.32 Å². The Balaban J connectivity index is 1.83. The molecule has 3 aliphatic carbocycles. The molecule has 0 radical (unpaired) electrons. The van der Waals surface area contributed by atoms with Crippen LogP contribution in [-0.4, -0.2) is 10.8 Å². The molecule has 23 heavy (non-hydrogen) atoms. The van der Waals surface area contributed by atoms with E-state index in [1.54, 1.807) is 6.92 Å². The number of carbonyl (C=O) groups is 1. The highest BCUT2D eigenvalue weighted by molar-refractivity contribution is 6.30. The number of hydrogen-bond acceptors (Lipinski definition) is 3. The molecule has 2 bridgehead atoms. The number of benzene rings is 1. The number of ketones is 1. The minimum absolute atomic E-state index is 0.0723. The normalized spacial score (nSPS) is 21.8. The van der Waals surface area contributed by atoms with Crippen LogP contribution in [0.25, 0.3) is 0 Å². The van der Waals surface area contributed by atoms with Gasteiger partial charge in [0, 0.05) is 17.6 Å². The Morgan fingerprint density at radius 1 is 1.17 bits per heavy atom. The Morgan fingerprint density at radius 2 is 1.87 bits per heavy atom. The predicted molar refractivity (Wildman–Crippen MR) is 92.9 cm³/mol. The van der Waals surface area contributed by atoms with E-state index in [1.807, 2.05) is 30.5 Å². The summed E-state index contributed by atoms with van der Waals surface area (Å²) < 4.78 is 0. The molecular formula is C19H19ClN2O. The SMILES string of the molecule is CC(=O)c1ncc(Nc2cccc(Cl)c2)c2c1C1CCC2CC1.